The van der Waals surface area contributed by atoms with Gasteiger partial charge in [-0.05, 0) is 0 Å². The SMILES string of the molecule is Cn1c(Cl)cnc1Cn1cc(CNC(=O)CN2CCNCC2)nn1. The van der Waals surface area contributed by atoms with E-state index in [9.17, 15) is 4.79 Å². The molecule has 2 aromatic heterocycles. The summed E-state index contributed by atoms with van der Waals surface area (Å²) in [5, 5.41) is 14.8. The Morgan fingerprint density at radius 1 is 1.42 bits per heavy atom. The minimum Gasteiger partial charge on any atom is -0.349 e. The zero-order chi connectivity index (χ0) is 16.9. The van der Waals surface area contributed by atoms with E-state index in [1.165, 1.54) is 0 Å². The van der Waals surface area contributed by atoms with E-state index >= 15 is 0 Å². The molecule has 24 heavy (non-hydrogen) atoms. The molecular formula is C14H21ClN8O. The van der Waals surface area contributed by atoms with Crippen molar-refractivity contribution in [2.24, 2.45) is 7.05 Å². The molecule has 0 saturated carbocycles. The first-order valence-corrected chi connectivity index (χ1v) is 8.24. The topological polar surface area (TPSA) is 92.9 Å². The Morgan fingerprint density at radius 3 is 2.92 bits per heavy atom. The van der Waals surface area contributed by atoms with Crippen LogP contribution in [-0.4, -0.2) is 68.1 Å². The normalized spacial score (nSPS) is 15.6. The van der Waals surface area contributed by atoms with Gasteiger partial charge in [0.05, 0.1) is 25.5 Å². The molecule has 0 radical (unpaired) electrons. The number of nitrogens with zero attached hydrogens (tertiary/aromatic N) is 6. The summed E-state index contributed by atoms with van der Waals surface area (Å²) >= 11 is 5.97. The van der Waals surface area contributed by atoms with Gasteiger partial charge in [0.2, 0.25) is 5.91 Å². The van der Waals surface area contributed by atoms with Gasteiger partial charge >= 0.3 is 0 Å². The molecule has 1 aliphatic rings. The van der Waals surface area contributed by atoms with E-state index in [0.717, 1.165) is 32.0 Å². The Bertz CT molecular complexity index is 691. The number of carbonyl (C=O) groups is 1. The van der Waals surface area contributed by atoms with Gasteiger partial charge in [-0.1, -0.05) is 16.8 Å². The van der Waals surface area contributed by atoms with E-state index in [1.54, 1.807) is 21.6 Å². The van der Waals surface area contributed by atoms with Gasteiger partial charge in [0.15, 0.2) is 0 Å². The zero-order valence-electron chi connectivity index (χ0n) is 13.6. The van der Waals surface area contributed by atoms with Crippen molar-refractivity contribution in [3.8, 4) is 0 Å². The zero-order valence-corrected chi connectivity index (χ0v) is 14.3. The molecule has 0 aromatic carbocycles. The van der Waals surface area contributed by atoms with Crippen molar-refractivity contribution < 1.29 is 4.79 Å². The lowest BCUT2D eigenvalue weighted by atomic mass is 10.3. The van der Waals surface area contributed by atoms with E-state index in [4.69, 9.17) is 11.6 Å². The molecule has 3 rings (SSSR count). The van der Waals surface area contributed by atoms with Gasteiger partial charge in [-0.25, -0.2) is 9.67 Å². The van der Waals surface area contributed by atoms with E-state index in [2.05, 4.69) is 30.8 Å². The highest BCUT2D eigenvalue weighted by molar-refractivity contribution is 6.29. The molecule has 9 nitrogen and oxygen atoms in total. The third-order valence-corrected chi connectivity index (χ3v) is 4.31. The molecule has 3 heterocycles. The number of imidazole rings is 1. The van der Waals surface area contributed by atoms with E-state index in [1.807, 2.05) is 7.05 Å². The lowest BCUT2D eigenvalue weighted by molar-refractivity contribution is -0.122. The van der Waals surface area contributed by atoms with Crippen molar-refractivity contribution in [1.82, 2.24) is 40.1 Å². The quantitative estimate of drug-likeness (QED) is 0.709. The molecule has 1 saturated heterocycles. The maximum Gasteiger partial charge on any atom is 0.234 e. The summed E-state index contributed by atoms with van der Waals surface area (Å²) in [6.07, 6.45) is 3.40. The largest absolute Gasteiger partial charge is 0.349 e. The molecule has 1 amide bonds. The average molecular weight is 353 g/mol. The van der Waals surface area contributed by atoms with Crippen LogP contribution in [0.3, 0.4) is 0 Å². The van der Waals surface area contributed by atoms with Crippen LogP contribution in [0.1, 0.15) is 11.5 Å². The van der Waals surface area contributed by atoms with Gasteiger partial charge in [0.1, 0.15) is 23.2 Å². The third kappa shape index (κ3) is 4.31. The molecule has 1 aliphatic heterocycles. The van der Waals surface area contributed by atoms with Crippen molar-refractivity contribution in [3.05, 3.63) is 29.1 Å². The lowest BCUT2D eigenvalue weighted by Gasteiger charge is -2.26. The molecule has 10 heteroatoms. The first-order chi connectivity index (χ1) is 11.6. The summed E-state index contributed by atoms with van der Waals surface area (Å²) in [4.78, 5) is 18.3. The second kappa shape index (κ2) is 7.73. The van der Waals surface area contributed by atoms with Crippen LogP contribution in [0, 0.1) is 0 Å². The highest BCUT2D eigenvalue weighted by Gasteiger charge is 2.14. The van der Waals surface area contributed by atoms with Gasteiger partial charge in [-0.2, -0.15) is 0 Å². The predicted molar refractivity (Wildman–Crippen MR) is 88.5 cm³/mol. The van der Waals surface area contributed by atoms with E-state index in [0.29, 0.717) is 30.5 Å². The van der Waals surface area contributed by atoms with Gasteiger partial charge in [-0.15, -0.1) is 5.10 Å². The molecule has 0 aliphatic carbocycles. The fourth-order valence-electron chi connectivity index (χ4n) is 2.53. The van der Waals surface area contributed by atoms with Crippen LogP contribution in [0.15, 0.2) is 12.4 Å². The summed E-state index contributed by atoms with van der Waals surface area (Å²) in [6.45, 7) is 4.92. The first-order valence-electron chi connectivity index (χ1n) is 7.86. The Balaban J connectivity index is 1.47. The second-order valence-electron chi connectivity index (χ2n) is 5.77. The van der Waals surface area contributed by atoms with Gasteiger partial charge in [0.25, 0.3) is 0 Å². The Labute approximate surface area is 145 Å². The number of rotatable bonds is 6. The Morgan fingerprint density at radius 2 is 2.21 bits per heavy atom. The maximum absolute atomic E-state index is 12.0. The second-order valence-corrected chi connectivity index (χ2v) is 6.15. The maximum atomic E-state index is 12.0. The number of aromatic nitrogens is 5. The molecule has 1 fully saturated rings. The third-order valence-electron chi connectivity index (χ3n) is 3.96. The number of hydrogen-bond acceptors (Lipinski definition) is 6. The number of carbonyl (C=O) groups excluding carboxylic acids is 1. The standard InChI is InChI=1S/C14H21ClN8O/c1-21-12(15)7-17-13(21)9-23-8-11(19-20-23)6-18-14(24)10-22-4-2-16-3-5-22/h7-8,16H,2-6,9-10H2,1H3,(H,18,24). The first kappa shape index (κ1) is 16.9. The fraction of sp³-hybridized carbons (Fsp3) is 0.571. The van der Waals surface area contributed by atoms with Crippen molar-refractivity contribution in [2.75, 3.05) is 32.7 Å². The van der Waals surface area contributed by atoms with Gasteiger partial charge in [0, 0.05) is 33.2 Å². The summed E-state index contributed by atoms with van der Waals surface area (Å²) in [5.41, 5.74) is 0.712. The predicted octanol–water partition coefficient (Wildman–Crippen LogP) is -0.765. The summed E-state index contributed by atoms with van der Waals surface area (Å²) in [6, 6.07) is 0. The van der Waals surface area contributed by atoms with Crippen molar-refractivity contribution >= 4 is 17.5 Å². The highest BCUT2D eigenvalue weighted by Crippen LogP contribution is 2.09. The molecule has 2 N–H and O–H groups in total. The van der Waals surface area contributed by atoms with Crippen LogP contribution in [0.25, 0.3) is 0 Å². The number of hydrogen-bond donors (Lipinski definition) is 2. The highest BCUT2D eigenvalue weighted by atomic mass is 35.5. The van der Waals surface area contributed by atoms with E-state index in [-0.39, 0.29) is 5.91 Å². The fourth-order valence-corrected chi connectivity index (χ4v) is 2.68. The molecule has 0 bridgehead atoms. The number of amides is 1. The monoisotopic (exact) mass is 352 g/mol. The lowest BCUT2D eigenvalue weighted by Crippen LogP contribution is -2.47. The molecule has 0 unspecified atom stereocenters. The van der Waals surface area contributed by atoms with Gasteiger partial charge < -0.3 is 15.2 Å². The molecular weight excluding hydrogens is 332 g/mol. The molecule has 0 atom stereocenters. The average Bonchev–Trinajstić information content (AvgIpc) is 3.16. The smallest absolute Gasteiger partial charge is 0.234 e. The van der Waals surface area contributed by atoms with Crippen LogP contribution in [0.2, 0.25) is 5.15 Å². The van der Waals surface area contributed by atoms with E-state index < -0.39 is 0 Å². The molecule has 130 valence electrons. The number of halogens is 1. The van der Waals surface area contributed by atoms with Crippen LogP contribution < -0.4 is 10.6 Å². The minimum absolute atomic E-state index is 0.00216. The molecule has 0 spiro atoms. The van der Waals surface area contributed by atoms with Crippen molar-refractivity contribution in [1.29, 1.82) is 0 Å². The van der Waals surface area contributed by atoms with Gasteiger partial charge in [-0.3, -0.25) is 9.69 Å². The Kier molecular flexibility index (Phi) is 5.44. The Hall–Kier alpha value is -1.97. The number of piperazine rings is 1. The van der Waals surface area contributed by atoms with Crippen molar-refractivity contribution in [3.63, 3.8) is 0 Å². The minimum atomic E-state index is 0.00216. The van der Waals surface area contributed by atoms with Crippen molar-refractivity contribution in [2.45, 2.75) is 13.1 Å². The van der Waals surface area contributed by atoms with Crippen LogP contribution in [0.5, 0.6) is 0 Å². The summed E-state index contributed by atoms with van der Waals surface area (Å²) in [7, 11) is 1.85. The van der Waals surface area contributed by atoms with Crippen LogP contribution >= 0.6 is 11.6 Å². The summed E-state index contributed by atoms with van der Waals surface area (Å²) in [5.74, 6) is 0.793. The number of nitrogens with one attached hydrogen (secondary N) is 2. The van der Waals surface area contributed by atoms with Crippen LogP contribution in [0.4, 0.5) is 0 Å². The summed E-state index contributed by atoms with van der Waals surface area (Å²) < 4.78 is 3.47. The molecule has 2 aromatic rings. The van der Waals surface area contributed by atoms with Crippen LogP contribution in [-0.2, 0) is 24.9 Å².